The molecule has 0 aliphatic rings. The van der Waals surface area contributed by atoms with E-state index < -0.39 is 23.8 Å². The largest absolute Gasteiger partial charge is 0.435 e. The Morgan fingerprint density at radius 3 is 2.61 bits per heavy atom. The number of nitrogens with zero attached hydrogens (tertiary/aromatic N) is 3. The number of likely N-dealkylation sites (N-methyl/N-ethyl adjacent to an activating group) is 1. The molecular formula is C10H15F3N4O. The third-order valence-electron chi connectivity index (χ3n) is 2.35. The maximum Gasteiger partial charge on any atom is 0.435 e. The lowest BCUT2D eigenvalue weighted by molar-refractivity contribution is -0.143. The molecule has 0 spiro atoms. The van der Waals surface area contributed by atoms with Gasteiger partial charge in [0.05, 0.1) is 6.04 Å². The van der Waals surface area contributed by atoms with Crippen molar-refractivity contribution in [2.75, 3.05) is 7.05 Å². The molecule has 1 atom stereocenters. The minimum absolute atomic E-state index is 0.0542. The fourth-order valence-electron chi connectivity index (χ4n) is 1.57. The summed E-state index contributed by atoms with van der Waals surface area (Å²) in [6.45, 7) is 1.30. The summed E-state index contributed by atoms with van der Waals surface area (Å²) in [5, 5.41) is 3.36. The maximum atomic E-state index is 12.7. The van der Waals surface area contributed by atoms with Crippen molar-refractivity contribution in [3.05, 3.63) is 17.5 Å². The molecule has 0 fully saturated rings. The molecular weight excluding hydrogens is 249 g/mol. The number of nitrogens with two attached hydrogens (primary N) is 1. The summed E-state index contributed by atoms with van der Waals surface area (Å²) in [4.78, 5) is 12.7. The average Bonchev–Trinajstić information content (AvgIpc) is 2.57. The summed E-state index contributed by atoms with van der Waals surface area (Å²) in [6.07, 6.45) is -3.29. The van der Waals surface area contributed by atoms with E-state index in [1.54, 1.807) is 0 Å². The van der Waals surface area contributed by atoms with Crippen LogP contribution in [-0.2, 0) is 24.6 Å². The quantitative estimate of drug-likeness (QED) is 0.876. The van der Waals surface area contributed by atoms with Gasteiger partial charge in [-0.15, -0.1) is 0 Å². The molecule has 1 amide bonds. The van der Waals surface area contributed by atoms with Gasteiger partial charge in [-0.3, -0.25) is 9.48 Å². The fourth-order valence-corrected chi connectivity index (χ4v) is 1.57. The number of alkyl halides is 3. The highest BCUT2D eigenvalue weighted by atomic mass is 19.4. The van der Waals surface area contributed by atoms with Crippen LogP contribution in [0.3, 0.4) is 0 Å². The van der Waals surface area contributed by atoms with Crippen LogP contribution >= 0.6 is 0 Å². The van der Waals surface area contributed by atoms with Crippen molar-refractivity contribution in [2.45, 2.75) is 25.7 Å². The SMILES string of the molecule is C[C@@H](N)C(=O)N(C)Cc1cn(C)nc1C(F)(F)F. The van der Waals surface area contributed by atoms with Crippen molar-refractivity contribution in [3.8, 4) is 0 Å². The van der Waals surface area contributed by atoms with Crippen molar-refractivity contribution in [2.24, 2.45) is 12.8 Å². The molecule has 0 saturated heterocycles. The smallest absolute Gasteiger partial charge is 0.340 e. The van der Waals surface area contributed by atoms with E-state index in [4.69, 9.17) is 5.73 Å². The standard InChI is InChI=1S/C10H15F3N4O/c1-6(14)9(18)16(2)4-7-5-17(3)15-8(7)10(11,12)13/h5-6H,4,14H2,1-3H3/t6-/m1/s1. The van der Waals surface area contributed by atoms with Crippen LogP contribution in [0.15, 0.2) is 6.20 Å². The molecule has 1 aromatic heterocycles. The number of aromatic nitrogens is 2. The van der Waals surface area contributed by atoms with Gasteiger partial charge < -0.3 is 10.6 Å². The van der Waals surface area contributed by atoms with Gasteiger partial charge in [0, 0.05) is 32.4 Å². The Kier molecular flexibility index (Phi) is 4.00. The van der Waals surface area contributed by atoms with Crippen molar-refractivity contribution in [3.63, 3.8) is 0 Å². The van der Waals surface area contributed by atoms with Gasteiger partial charge in [0.15, 0.2) is 5.69 Å². The van der Waals surface area contributed by atoms with Gasteiger partial charge in [0.25, 0.3) is 0 Å². The van der Waals surface area contributed by atoms with Crippen molar-refractivity contribution in [1.29, 1.82) is 0 Å². The lowest BCUT2D eigenvalue weighted by Gasteiger charge is -2.19. The van der Waals surface area contributed by atoms with Crippen LogP contribution in [0.4, 0.5) is 13.2 Å². The number of aryl methyl sites for hydroxylation is 1. The second-order valence-electron chi connectivity index (χ2n) is 4.16. The number of rotatable bonds is 3. The molecule has 1 aromatic rings. The molecule has 0 saturated carbocycles. The summed E-state index contributed by atoms with van der Waals surface area (Å²) >= 11 is 0. The van der Waals surface area contributed by atoms with Gasteiger partial charge in [-0.2, -0.15) is 18.3 Å². The van der Waals surface area contributed by atoms with Gasteiger partial charge in [-0.05, 0) is 6.92 Å². The number of hydrogen-bond donors (Lipinski definition) is 1. The van der Waals surface area contributed by atoms with Crippen LogP contribution in [0.2, 0.25) is 0 Å². The van der Waals surface area contributed by atoms with Crippen molar-refractivity contribution in [1.82, 2.24) is 14.7 Å². The molecule has 5 nitrogen and oxygen atoms in total. The Morgan fingerprint density at radius 2 is 2.17 bits per heavy atom. The first-order valence-corrected chi connectivity index (χ1v) is 5.23. The summed E-state index contributed by atoms with van der Waals surface area (Å²) in [5.41, 5.74) is 4.35. The topological polar surface area (TPSA) is 64.2 Å². The number of hydrogen-bond acceptors (Lipinski definition) is 3. The molecule has 102 valence electrons. The average molecular weight is 264 g/mol. The fraction of sp³-hybridized carbons (Fsp3) is 0.600. The monoisotopic (exact) mass is 264 g/mol. The third kappa shape index (κ3) is 3.22. The Morgan fingerprint density at radius 1 is 1.61 bits per heavy atom. The highest BCUT2D eigenvalue weighted by Crippen LogP contribution is 2.30. The zero-order valence-electron chi connectivity index (χ0n) is 10.3. The van der Waals surface area contributed by atoms with Crippen LogP contribution in [0.5, 0.6) is 0 Å². The highest BCUT2D eigenvalue weighted by molar-refractivity contribution is 5.80. The van der Waals surface area contributed by atoms with E-state index in [9.17, 15) is 18.0 Å². The Bertz CT molecular complexity index is 439. The van der Waals surface area contributed by atoms with Gasteiger partial charge >= 0.3 is 6.18 Å². The molecule has 1 rings (SSSR count). The van der Waals surface area contributed by atoms with E-state index in [1.807, 2.05) is 0 Å². The predicted molar refractivity (Wildman–Crippen MR) is 58.3 cm³/mol. The number of halogens is 3. The molecule has 1 heterocycles. The Labute approximate surface area is 102 Å². The normalized spacial score (nSPS) is 13.5. The van der Waals surface area contributed by atoms with Gasteiger partial charge in [-0.1, -0.05) is 0 Å². The van der Waals surface area contributed by atoms with Crippen LogP contribution in [0, 0.1) is 0 Å². The number of amides is 1. The Hall–Kier alpha value is -1.57. The van der Waals surface area contributed by atoms with Crippen LogP contribution in [-0.4, -0.2) is 33.7 Å². The predicted octanol–water partition coefficient (Wildman–Crippen LogP) is 0.745. The van der Waals surface area contributed by atoms with E-state index in [0.29, 0.717) is 0 Å². The van der Waals surface area contributed by atoms with Crippen molar-refractivity contribution < 1.29 is 18.0 Å². The lowest BCUT2D eigenvalue weighted by Crippen LogP contribution is -2.39. The molecule has 0 aliphatic carbocycles. The van der Waals surface area contributed by atoms with Gasteiger partial charge in [0.2, 0.25) is 5.91 Å². The summed E-state index contributed by atoms with van der Waals surface area (Å²) in [7, 11) is 2.80. The minimum atomic E-state index is -4.53. The van der Waals surface area contributed by atoms with Crippen LogP contribution < -0.4 is 5.73 Å². The van der Waals surface area contributed by atoms with Crippen LogP contribution in [0.1, 0.15) is 18.2 Å². The molecule has 2 N–H and O–H groups in total. The number of carbonyl (C=O) groups excluding carboxylic acids is 1. The van der Waals surface area contributed by atoms with E-state index >= 15 is 0 Å². The highest BCUT2D eigenvalue weighted by Gasteiger charge is 2.37. The molecule has 0 aromatic carbocycles. The number of carbonyl (C=O) groups is 1. The van der Waals surface area contributed by atoms with Gasteiger partial charge in [0.1, 0.15) is 0 Å². The lowest BCUT2D eigenvalue weighted by atomic mass is 10.2. The van der Waals surface area contributed by atoms with Gasteiger partial charge in [-0.25, -0.2) is 0 Å². The molecule has 0 bridgehead atoms. The summed E-state index contributed by atoms with van der Waals surface area (Å²) < 4.78 is 39.1. The second kappa shape index (κ2) is 4.97. The molecule has 8 heteroatoms. The van der Waals surface area contributed by atoms with E-state index in [0.717, 1.165) is 9.58 Å². The zero-order valence-corrected chi connectivity index (χ0v) is 10.3. The Balaban J connectivity index is 2.95. The first-order valence-electron chi connectivity index (χ1n) is 5.23. The summed E-state index contributed by atoms with van der Waals surface area (Å²) in [5.74, 6) is -0.424. The van der Waals surface area contributed by atoms with E-state index in [-0.39, 0.29) is 12.1 Å². The first kappa shape index (κ1) is 14.5. The van der Waals surface area contributed by atoms with Crippen molar-refractivity contribution >= 4 is 5.91 Å². The molecule has 0 unspecified atom stereocenters. The maximum absolute atomic E-state index is 12.7. The second-order valence-corrected chi connectivity index (χ2v) is 4.16. The molecule has 0 radical (unpaired) electrons. The first-order chi connectivity index (χ1) is 8.12. The third-order valence-corrected chi connectivity index (χ3v) is 2.35. The zero-order chi connectivity index (χ0) is 14.1. The summed E-state index contributed by atoms with van der Waals surface area (Å²) in [6, 6.07) is -0.749. The molecule has 0 aliphatic heterocycles. The van der Waals surface area contributed by atoms with Crippen LogP contribution in [0.25, 0.3) is 0 Å². The minimum Gasteiger partial charge on any atom is -0.340 e. The van der Waals surface area contributed by atoms with E-state index in [1.165, 1.54) is 27.2 Å². The van der Waals surface area contributed by atoms with E-state index in [2.05, 4.69) is 5.10 Å². The molecule has 18 heavy (non-hydrogen) atoms.